The smallest absolute Gasteiger partial charge is 0.377 e. The van der Waals surface area contributed by atoms with Gasteiger partial charge in [0.1, 0.15) is 0 Å². The number of hydrogen-bond donors (Lipinski definition) is 1. The van der Waals surface area contributed by atoms with E-state index in [1.807, 2.05) is 0 Å². The van der Waals surface area contributed by atoms with E-state index in [1.54, 1.807) is 21.3 Å². The third kappa shape index (κ3) is 9.85. The van der Waals surface area contributed by atoms with E-state index in [-0.39, 0.29) is 0 Å². The maximum absolute atomic E-state index is 5.40. The first-order chi connectivity index (χ1) is 9.74. The molecule has 122 valence electrons. The first kappa shape index (κ1) is 20.0. The van der Waals surface area contributed by atoms with Gasteiger partial charge in [0.25, 0.3) is 0 Å². The fourth-order valence-corrected chi connectivity index (χ4v) is 4.12. The second-order valence-corrected chi connectivity index (χ2v) is 8.19. The van der Waals surface area contributed by atoms with E-state index in [2.05, 4.69) is 4.84 Å². The van der Waals surface area contributed by atoms with Crippen molar-refractivity contribution >= 4 is 8.80 Å². The maximum atomic E-state index is 5.40. The molecule has 0 atom stereocenters. The van der Waals surface area contributed by atoms with Crippen LogP contribution in [0.15, 0.2) is 0 Å². The highest BCUT2D eigenvalue weighted by molar-refractivity contribution is 6.60. The third-order valence-corrected chi connectivity index (χ3v) is 6.51. The number of rotatable bonds is 15. The van der Waals surface area contributed by atoms with E-state index in [1.165, 1.54) is 44.9 Å². The minimum Gasteiger partial charge on any atom is -0.377 e. The van der Waals surface area contributed by atoms with Gasteiger partial charge in [-0.3, -0.25) is 0 Å². The zero-order chi connectivity index (χ0) is 15.1. The third-order valence-electron chi connectivity index (χ3n) is 3.68. The minimum atomic E-state index is -2.33. The molecular formula is C14H33NO4Si. The molecular weight excluding hydrogens is 274 g/mol. The Morgan fingerprint density at radius 3 is 1.45 bits per heavy atom. The topological polar surface area (TPSA) is 62.9 Å². The van der Waals surface area contributed by atoms with Gasteiger partial charge in [-0.1, -0.05) is 44.9 Å². The van der Waals surface area contributed by atoms with Crippen LogP contribution in [0.2, 0.25) is 6.04 Å². The minimum absolute atomic E-state index is 0.685. The second kappa shape index (κ2) is 14.0. The first-order valence-corrected chi connectivity index (χ1v) is 9.65. The van der Waals surface area contributed by atoms with E-state index in [4.69, 9.17) is 19.2 Å². The predicted octanol–water partition coefficient (Wildman–Crippen LogP) is 3.27. The summed E-state index contributed by atoms with van der Waals surface area (Å²) in [6.07, 6.45) is 11.2. The Hall–Kier alpha value is 0.0169. The fourth-order valence-electron chi connectivity index (χ4n) is 2.32. The number of hydrogen-bond acceptors (Lipinski definition) is 5. The molecule has 0 aliphatic heterocycles. The monoisotopic (exact) mass is 307 g/mol. The molecule has 0 spiro atoms. The SMILES string of the molecule is CO[Si](CCCCCCCCCCCON)(OC)OC. The summed E-state index contributed by atoms with van der Waals surface area (Å²) in [6, 6.07) is 0.912. The molecule has 5 nitrogen and oxygen atoms in total. The van der Waals surface area contributed by atoms with Gasteiger partial charge >= 0.3 is 8.80 Å². The average Bonchev–Trinajstić information content (AvgIpc) is 2.49. The largest absolute Gasteiger partial charge is 0.500 e. The van der Waals surface area contributed by atoms with Gasteiger partial charge in [0.05, 0.1) is 6.61 Å². The highest BCUT2D eigenvalue weighted by Crippen LogP contribution is 2.18. The van der Waals surface area contributed by atoms with E-state index in [0.29, 0.717) is 6.61 Å². The van der Waals surface area contributed by atoms with Crippen LogP contribution in [0.3, 0.4) is 0 Å². The molecule has 0 saturated carbocycles. The Kier molecular flexibility index (Phi) is 14.0. The molecule has 0 amide bonds. The van der Waals surface area contributed by atoms with Crippen molar-refractivity contribution in [2.24, 2.45) is 5.90 Å². The molecule has 0 saturated heterocycles. The summed E-state index contributed by atoms with van der Waals surface area (Å²) in [5.41, 5.74) is 0. The molecule has 0 radical (unpaired) electrons. The molecule has 0 aromatic carbocycles. The Morgan fingerprint density at radius 1 is 0.650 bits per heavy atom. The van der Waals surface area contributed by atoms with E-state index in [0.717, 1.165) is 18.9 Å². The normalized spacial score (nSPS) is 12.0. The summed E-state index contributed by atoms with van der Waals surface area (Å²) in [4.78, 5) is 4.54. The van der Waals surface area contributed by atoms with Gasteiger partial charge in [0, 0.05) is 27.4 Å². The summed E-state index contributed by atoms with van der Waals surface area (Å²) >= 11 is 0. The van der Waals surface area contributed by atoms with Crippen LogP contribution in [-0.4, -0.2) is 36.7 Å². The lowest BCUT2D eigenvalue weighted by molar-refractivity contribution is 0.122. The molecule has 6 heteroatoms. The molecule has 0 fully saturated rings. The molecule has 0 aromatic heterocycles. The molecule has 0 rings (SSSR count). The van der Waals surface area contributed by atoms with Crippen molar-refractivity contribution in [1.82, 2.24) is 0 Å². The van der Waals surface area contributed by atoms with Gasteiger partial charge in [-0.05, 0) is 12.8 Å². The van der Waals surface area contributed by atoms with Crippen LogP contribution in [0.1, 0.15) is 57.8 Å². The van der Waals surface area contributed by atoms with E-state index in [9.17, 15) is 0 Å². The first-order valence-electron chi connectivity index (χ1n) is 7.72. The van der Waals surface area contributed by atoms with Crippen molar-refractivity contribution in [3.8, 4) is 0 Å². The van der Waals surface area contributed by atoms with Gasteiger partial charge in [0.15, 0.2) is 0 Å². The summed E-state index contributed by atoms with van der Waals surface area (Å²) in [7, 11) is 2.69. The van der Waals surface area contributed by atoms with Crippen molar-refractivity contribution in [2.75, 3.05) is 27.9 Å². The molecule has 0 aromatic rings. The highest BCUT2D eigenvalue weighted by Gasteiger charge is 2.36. The summed E-state index contributed by atoms with van der Waals surface area (Å²) in [5, 5.41) is 0. The summed E-state index contributed by atoms with van der Waals surface area (Å²) < 4.78 is 16.2. The average molecular weight is 308 g/mol. The van der Waals surface area contributed by atoms with Crippen molar-refractivity contribution in [1.29, 1.82) is 0 Å². The standard InChI is InChI=1S/C14H33NO4Si/c1-16-20(17-2,18-3)14-12-10-8-6-4-5-7-9-11-13-19-15/h4-15H2,1-3H3. The molecule has 20 heavy (non-hydrogen) atoms. The van der Waals surface area contributed by atoms with Crippen LogP contribution in [0.5, 0.6) is 0 Å². The van der Waals surface area contributed by atoms with E-state index < -0.39 is 8.80 Å². The van der Waals surface area contributed by atoms with E-state index >= 15 is 0 Å². The van der Waals surface area contributed by atoms with Gasteiger partial charge in [-0.25, -0.2) is 5.90 Å². The zero-order valence-electron chi connectivity index (χ0n) is 13.5. The van der Waals surface area contributed by atoms with Crippen molar-refractivity contribution in [2.45, 2.75) is 63.8 Å². The fraction of sp³-hybridized carbons (Fsp3) is 1.00. The molecule has 0 aliphatic carbocycles. The van der Waals surface area contributed by atoms with Gasteiger partial charge in [-0.15, -0.1) is 0 Å². The molecule has 0 aliphatic rings. The molecule has 0 heterocycles. The zero-order valence-corrected chi connectivity index (χ0v) is 14.5. The van der Waals surface area contributed by atoms with Crippen LogP contribution in [0.4, 0.5) is 0 Å². The van der Waals surface area contributed by atoms with Crippen molar-refractivity contribution in [3.05, 3.63) is 0 Å². The lowest BCUT2D eigenvalue weighted by atomic mass is 10.1. The van der Waals surface area contributed by atoms with Gasteiger partial charge < -0.3 is 18.1 Å². The molecule has 0 unspecified atom stereocenters. The maximum Gasteiger partial charge on any atom is 0.500 e. The van der Waals surface area contributed by atoms with Crippen LogP contribution in [-0.2, 0) is 18.1 Å². The highest BCUT2D eigenvalue weighted by atomic mass is 28.4. The molecule has 0 bridgehead atoms. The Balaban J connectivity index is 3.32. The van der Waals surface area contributed by atoms with Crippen molar-refractivity contribution < 1.29 is 18.1 Å². The number of unbranched alkanes of at least 4 members (excludes halogenated alkanes) is 8. The van der Waals surface area contributed by atoms with Crippen molar-refractivity contribution in [3.63, 3.8) is 0 Å². The summed E-state index contributed by atoms with van der Waals surface area (Å²) in [6.45, 7) is 0.685. The van der Waals surface area contributed by atoms with Crippen LogP contribution in [0, 0.1) is 0 Å². The molecule has 2 N–H and O–H groups in total. The van der Waals surface area contributed by atoms with Crippen LogP contribution in [0.25, 0.3) is 0 Å². The Morgan fingerprint density at radius 2 is 1.05 bits per heavy atom. The van der Waals surface area contributed by atoms with Gasteiger partial charge in [0.2, 0.25) is 0 Å². The second-order valence-electron chi connectivity index (χ2n) is 5.10. The predicted molar refractivity (Wildman–Crippen MR) is 83.3 cm³/mol. The lowest BCUT2D eigenvalue weighted by Gasteiger charge is -2.24. The number of nitrogens with two attached hydrogens (primary N) is 1. The summed E-state index contributed by atoms with van der Waals surface area (Å²) in [5.74, 6) is 4.97. The van der Waals surface area contributed by atoms with Crippen LogP contribution < -0.4 is 5.90 Å². The Bertz CT molecular complexity index is 195. The Labute approximate surface area is 125 Å². The quantitative estimate of drug-likeness (QED) is 0.286. The lowest BCUT2D eigenvalue weighted by Crippen LogP contribution is -2.42. The van der Waals surface area contributed by atoms with Gasteiger partial charge in [-0.2, -0.15) is 0 Å². The van der Waals surface area contributed by atoms with Crippen LogP contribution >= 0.6 is 0 Å².